The Morgan fingerprint density at radius 3 is 2.43 bits per heavy atom. The van der Waals surface area contributed by atoms with Crippen molar-refractivity contribution >= 4 is 24.2 Å². The van der Waals surface area contributed by atoms with E-state index in [1.54, 1.807) is 0 Å². The number of rotatable bonds is 4. The molecule has 0 aliphatic carbocycles. The summed E-state index contributed by atoms with van der Waals surface area (Å²) in [5.41, 5.74) is 1.01. The number of methoxy groups -OCH3 is 1. The molecule has 0 saturated carbocycles. The molecule has 114 valence electrons. The first-order valence-electron chi connectivity index (χ1n) is 7.01. The van der Waals surface area contributed by atoms with E-state index in [1.165, 1.54) is 7.11 Å². The van der Waals surface area contributed by atoms with Crippen LogP contribution >= 0.6 is 0 Å². The molecule has 1 aromatic rings. The average molecular weight is 291 g/mol. The lowest BCUT2D eigenvalue weighted by Crippen LogP contribution is -2.41. The Morgan fingerprint density at radius 1 is 1.24 bits per heavy atom. The minimum absolute atomic E-state index is 0.128. The Morgan fingerprint density at radius 2 is 1.86 bits per heavy atom. The molecule has 0 amide bonds. The van der Waals surface area contributed by atoms with E-state index in [0.717, 1.165) is 11.2 Å². The van der Waals surface area contributed by atoms with E-state index in [1.807, 2.05) is 52.0 Å². The van der Waals surface area contributed by atoms with Crippen LogP contribution in [0.2, 0.25) is 0 Å². The number of benzene rings is 1. The van der Waals surface area contributed by atoms with Crippen LogP contribution in [-0.2, 0) is 18.8 Å². The summed E-state index contributed by atoms with van der Waals surface area (Å²) in [5.74, 6) is -0.309. The highest BCUT2D eigenvalue weighted by atomic mass is 16.7. The summed E-state index contributed by atoms with van der Waals surface area (Å²) in [4.78, 5) is 11.2. The van der Waals surface area contributed by atoms with Gasteiger partial charge in [-0.2, -0.15) is 0 Å². The van der Waals surface area contributed by atoms with Crippen molar-refractivity contribution in [3.05, 3.63) is 24.3 Å². The molecule has 1 aromatic carbocycles. The zero-order valence-electron chi connectivity index (χ0n) is 13.2. The smallest absolute Gasteiger partial charge is 0.468 e. The van der Waals surface area contributed by atoms with Crippen LogP contribution < -0.4 is 10.8 Å². The van der Waals surface area contributed by atoms with Gasteiger partial charge >= 0.3 is 13.1 Å². The van der Waals surface area contributed by atoms with Crippen LogP contribution in [0.5, 0.6) is 0 Å². The number of hydrogen-bond acceptors (Lipinski definition) is 5. The summed E-state index contributed by atoms with van der Waals surface area (Å²) >= 11 is 0. The van der Waals surface area contributed by atoms with E-state index in [0.29, 0.717) is 0 Å². The van der Waals surface area contributed by atoms with Crippen molar-refractivity contribution in [3.63, 3.8) is 0 Å². The highest BCUT2D eigenvalue weighted by Crippen LogP contribution is 2.36. The first kappa shape index (κ1) is 15.9. The zero-order chi connectivity index (χ0) is 15.7. The normalized spacial score (nSPS) is 19.4. The van der Waals surface area contributed by atoms with Crippen molar-refractivity contribution in [2.24, 2.45) is 0 Å². The Balaban J connectivity index is 2.10. The molecule has 0 atom stereocenters. The van der Waals surface area contributed by atoms with Gasteiger partial charge in [-0.3, -0.25) is 4.79 Å². The van der Waals surface area contributed by atoms with E-state index < -0.39 is 7.12 Å². The summed E-state index contributed by atoms with van der Waals surface area (Å²) < 4.78 is 16.6. The van der Waals surface area contributed by atoms with Crippen LogP contribution in [-0.4, -0.2) is 37.9 Å². The molecule has 1 aliphatic heterocycles. The van der Waals surface area contributed by atoms with Crippen LogP contribution in [0.3, 0.4) is 0 Å². The van der Waals surface area contributed by atoms with Gasteiger partial charge in [0.25, 0.3) is 0 Å². The second-order valence-electron chi connectivity index (χ2n) is 6.14. The van der Waals surface area contributed by atoms with Gasteiger partial charge in [-0.15, -0.1) is 0 Å². The second kappa shape index (κ2) is 5.69. The lowest BCUT2D eigenvalue weighted by molar-refractivity contribution is -0.138. The van der Waals surface area contributed by atoms with Crippen molar-refractivity contribution in [3.8, 4) is 0 Å². The third-order valence-electron chi connectivity index (χ3n) is 4.08. The quantitative estimate of drug-likeness (QED) is 0.674. The number of esters is 1. The summed E-state index contributed by atoms with van der Waals surface area (Å²) in [6, 6.07) is 7.66. The predicted octanol–water partition coefficient (Wildman–Crippen LogP) is 1.57. The molecule has 2 rings (SSSR count). The summed E-state index contributed by atoms with van der Waals surface area (Å²) in [6.07, 6.45) is 0. The second-order valence-corrected chi connectivity index (χ2v) is 6.14. The number of anilines is 1. The fourth-order valence-electron chi connectivity index (χ4n) is 2.02. The van der Waals surface area contributed by atoms with Crippen LogP contribution in [0, 0.1) is 0 Å². The maximum absolute atomic E-state index is 11.2. The lowest BCUT2D eigenvalue weighted by Gasteiger charge is -2.32. The Kier molecular flexibility index (Phi) is 4.30. The number of hydrogen-bond donors (Lipinski definition) is 1. The maximum atomic E-state index is 11.2. The fraction of sp³-hybridized carbons (Fsp3) is 0.533. The third-order valence-corrected chi connectivity index (χ3v) is 4.08. The van der Waals surface area contributed by atoms with Crippen LogP contribution in [0.4, 0.5) is 5.69 Å². The third kappa shape index (κ3) is 3.39. The van der Waals surface area contributed by atoms with Gasteiger partial charge in [-0.1, -0.05) is 12.1 Å². The van der Waals surface area contributed by atoms with Crippen molar-refractivity contribution in [2.75, 3.05) is 19.0 Å². The minimum atomic E-state index is -0.408. The number of carbonyl (C=O) groups excluding carboxylic acids is 1. The molecule has 1 fully saturated rings. The molecule has 5 nitrogen and oxygen atoms in total. The molecular formula is C15H22BNO4. The van der Waals surface area contributed by atoms with Crippen LogP contribution in [0.1, 0.15) is 27.7 Å². The molecule has 0 radical (unpaired) electrons. The summed E-state index contributed by atoms with van der Waals surface area (Å²) in [5, 5.41) is 3.02. The van der Waals surface area contributed by atoms with Crippen molar-refractivity contribution < 1.29 is 18.8 Å². The molecule has 1 saturated heterocycles. The molecule has 0 unspecified atom stereocenters. The van der Waals surface area contributed by atoms with Crippen molar-refractivity contribution in [2.45, 2.75) is 38.9 Å². The van der Waals surface area contributed by atoms with Gasteiger partial charge in [-0.05, 0) is 45.3 Å². The van der Waals surface area contributed by atoms with Crippen LogP contribution in [0.15, 0.2) is 24.3 Å². The van der Waals surface area contributed by atoms with Gasteiger partial charge in [-0.25, -0.2) is 0 Å². The molecular weight excluding hydrogens is 269 g/mol. The number of carbonyl (C=O) groups is 1. The largest absolute Gasteiger partial charge is 0.494 e. The monoisotopic (exact) mass is 291 g/mol. The first-order chi connectivity index (χ1) is 9.75. The van der Waals surface area contributed by atoms with E-state index in [2.05, 4.69) is 10.1 Å². The zero-order valence-corrected chi connectivity index (χ0v) is 13.2. The van der Waals surface area contributed by atoms with E-state index in [9.17, 15) is 4.79 Å². The summed E-state index contributed by atoms with van der Waals surface area (Å²) in [6.45, 7) is 8.21. The molecule has 0 bridgehead atoms. The van der Waals surface area contributed by atoms with Gasteiger partial charge in [0, 0.05) is 5.69 Å². The molecule has 6 heteroatoms. The molecule has 0 spiro atoms. The number of nitrogens with one attached hydrogen (secondary N) is 1. The Hall–Kier alpha value is -1.53. The molecule has 1 N–H and O–H groups in total. The average Bonchev–Trinajstić information content (AvgIpc) is 2.65. The molecule has 21 heavy (non-hydrogen) atoms. The fourth-order valence-corrected chi connectivity index (χ4v) is 2.02. The standard InChI is InChI=1S/C15H22BNO4/c1-14(2)15(3,4)21-16(20-14)11-7-6-8-12(9-11)17-10-13(18)19-5/h6-9,17H,10H2,1-5H3. The topological polar surface area (TPSA) is 56.8 Å². The van der Waals surface area contributed by atoms with Gasteiger partial charge in [0.15, 0.2) is 0 Å². The van der Waals surface area contributed by atoms with E-state index >= 15 is 0 Å². The first-order valence-corrected chi connectivity index (χ1v) is 7.01. The Bertz CT molecular complexity index is 514. The van der Waals surface area contributed by atoms with Gasteiger partial charge in [0.2, 0.25) is 0 Å². The van der Waals surface area contributed by atoms with Gasteiger partial charge in [0.1, 0.15) is 6.54 Å². The van der Waals surface area contributed by atoms with Crippen molar-refractivity contribution in [1.82, 2.24) is 0 Å². The van der Waals surface area contributed by atoms with E-state index in [-0.39, 0.29) is 23.7 Å². The Labute approximate surface area is 126 Å². The van der Waals surface area contributed by atoms with E-state index in [4.69, 9.17) is 9.31 Å². The van der Waals surface area contributed by atoms with Crippen molar-refractivity contribution in [1.29, 1.82) is 0 Å². The predicted molar refractivity (Wildman–Crippen MR) is 82.7 cm³/mol. The van der Waals surface area contributed by atoms with Gasteiger partial charge in [0.05, 0.1) is 18.3 Å². The molecule has 0 aromatic heterocycles. The lowest BCUT2D eigenvalue weighted by atomic mass is 9.79. The number of ether oxygens (including phenoxy) is 1. The summed E-state index contributed by atoms with van der Waals surface area (Å²) in [7, 11) is 0.958. The highest BCUT2D eigenvalue weighted by Gasteiger charge is 2.51. The molecule has 1 heterocycles. The SMILES string of the molecule is COC(=O)CNc1cccc(B2OC(C)(C)C(C)(C)O2)c1. The van der Waals surface area contributed by atoms with Gasteiger partial charge < -0.3 is 19.4 Å². The molecule has 1 aliphatic rings. The minimum Gasteiger partial charge on any atom is -0.468 e. The van der Waals surface area contributed by atoms with Crippen LogP contribution in [0.25, 0.3) is 0 Å². The highest BCUT2D eigenvalue weighted by molar-refractivity contribution is 6.62. The maximum Gasteiger partial charge on any atom is 0.494 e.